The molecule has 0 aliphatic carbocycles. The maximum absolute atomic E-state index is 13.2. The lowest BCUT2D eigenvalue weighted by molar-refractivity contribution is -0.121. The van der Waals surface area contributed by atoms with Crippen molar-refractivity contribution in [2.45, 2.75) is 43.0 Å². The minimum atomic E-state index is -1.14. The monoisotopic (exact) mass is 764 g/mol. The van der Waals surface area contributed by atoms with Crippen LogP contribution < -0.4 is 37.2 Å². The van der Waals surface area contributed by atoms with Crippen molar-refractivity contribution in [1.29, 1.82) is 0 Å². The van der Waals surface area contributed by atoms with E-state index in [2.05, 4.69) is 21.3 Å². The summed E-state index contributed by atoms with van der Waals surface area (Å²) in [5.41, 5.74) is 0.876. The molecule has 3 aromatic rings. The largest absolute Gasteiger partial charge is 0.465 e. The van der Waals surface area contributed by atoms with Gasteiger partial charge in [-0.25, -0.2) is 9.59 Å². The molecule has 2 aliphatic heterocycles. The van der Waals surface area contributed by atoms with Crippen molar-refractivity contribution in [3.8, 4) is 0 Å². The van der Waals surface area contributed by atoms with E-state index >= 15 is 0 Å². The highest BCUT2D eigenvalue weighted by atomic mass is 32.2. The number of fused-ring (bicyclic) bond motifs is 1. The summed E-state index contributed by atoms with van der Waals surface area (Å²) in [6.07, 6.45) is 3.26. The maximum atomic E-state index is 13.2. The molecule has 0 saturated carbocycles. The molecule has 0 bridgehead atoms. The third-order valence-corrected chi connectivity index (χ3v) is 12.8. The van der Waals surface area contributed by atoms with Gasteiger partial charge in [0.2, 0.25) is 5.91 Å². The van der Waals surface area contributed by atoms with Gasteiger partial charge in [-0.15, -0.1) is 0 Å². The van der Waals surface area contributed by atoms with Crippen LogP contribution in [0.15, 0.2) is 78.9 Å². The minimum absolute atomic E-state index is 0.0210. The van der Waals surface area contributed by atoms with Gasteiger partial charge in [-0.2, -0.15) is 11.8 Å². The molecule has 2 fully saturated rings. The summed E-state index contributed by atoms with van der Waals surface area (Å²) in [7, 11) is 0.216. The highest BCUT2D eigenvalue weighted by molar-refractivity contribution is 8.00. The van der Waals surface area contributed by atoms with Gasteiger partial charge in [0.1, 0.15) is 0 Å². The number of urea groups is 1. The van der Waals surface area contributed by atoms with E-state index in [1.807, 2.05) is 72.4 Å². The van der Waals surface area contributed by atoms with Crippen molar-refractivity contribution >= 4 is 59.4 Å². The molecule has 12 nitrogen and oxygen atoms in total. The molecule has 0 radical (unpaired) electrons. The lowest BCUT2D eigenvalue weighted by atomic mass is 10.0. The van der Waals surface area contributed by atoms with Crippen molar-refractivity contribution in [2.75, 3.05) is 65.6 Å². The number of esters is 1. The molecule has 14 heteroatoms. The van der Waals surface area contributed by atoms with Crippen LogP contribution in [-0.2, 0) is 23.7 Å². The van der Waals surface area contributed by atoms with Crippen LogP contribution in [0, 0.1) is 0 Å². The van der Waals surface area contributed by atoms with Crippen LogP contribution in [0.1, 0.15) is 46.4 Å². The zero-order chi connectivity index (χ0) is 37.3. The second-order valence-corrected chi connectivity index (χ2v) is 16.0. The number of ether oxygens (including phenoxy) is 4. The van der Waals surface area contributed by atoms with Gasteiger partial charge in [-0.3, -0.25) is 9.59 Å². The Hall–Kier alpha value is -4.00. The Morgan fingerprint density at radius 1 is 0.792 bits per heavy atom. The molecule has 2 heterocycles. The Labute approximate surface area is 316 Å². The normalized spacial score (nSPS) is 17.5. The van der Waals surface area contributed by atoms with Crippen LogP contribution in [0.5, 0.6) is 0 Å². The zero-order valence-electron chi connectivity index (χ0n) is 30.1. The van der Waals surface area contributed by atoms with E-state index in [4.69, 9.17) is 18.9 Å². The molecule has 284 valence electrons. The van der Waals surface area contributed by atoms with Gasteiger partial charge < -0.3 is 40.2 Å². The van der Waals surface area contributed by atoms with Gasteiger partial charge in [-0.1, -0.05) is 67.1 Å². The van der Waals surface area contributed by atoms with Gasteiger partial charge in [0.25, 0.3) is 5.91 Å². The Bertz CT molecular complexity index is 1600. The molecule has 0 aromatic heterocycles. The SMILES string of the molecule is COC(=O)c1ccc(C(=O)NCCOCCOCCOCCNC(=O)CCCC[C@@H]2SCC3NC(=O)NC32)cc1P(c1ccccc1)c1ccccc1. The van der Waals surface area contributed by atoms with Crippen LogP contribution in [0.25, 0.3) is 0 Å². The summed E-state index contributed by atoms with van der Waals surface area (Å²) < 4.78 is 21.8. The number of carbonyl (C=O) groups is 4. The molecule has 2 aliphatic rings. The van der Waals surface area contributed by atoms with E-state index < -0.39 is 13.9 Å². The first-order valence-electron chi connectivity index (χ1n) is 18.0. The standard InChI is InChI=1S/C39H49N4O8PS/c1-48-38(46)31-17-16-28(26-33(31)52(29-10-4-2-5-11-29)30-12-6-3-7-13-30)37(45)41-19-21-50-23-25-51-24-22-49-20-18-40-35(44)15-9-8-14-34-36-32(27-53-34)42-39(47)43-36/h2-7,10-13,16-17,26,32,34,36H,8-9,14-15,18-25,27H2,1H3,(H,40,44)(H,41,45)(H2,42,43,47)/t32?,34-,36?/m0/s1. The van der Waals surface area contributed by atoms with Crippen LogP contribution in [0.3, 0.4) is 0 Å². The first-order valence-corrected chi connectivity index (χ1v) is 20.4. The van der Waals surface area contributed by atoms with Crippen molar-refractivity contribution in [2.24, 2.45) is 0 Å². The second kappa shape index (κ2) is 21.6. The second-order valence-electron chi connectivity index (χ2n) is 12.5. The van der Waals surface area contributed by atoms with E-state index in [1.165, 1.54) is 7.11 Å². The van der Waals surface area contributed by atoms with E-state index in [-0.39, 0.29) is 29.9 Å². The summed E-state index contributed by atoms with van der Waals surface area (Å²) >= 11 is 1.89. The van der Waals surface area contributed by atoms with Crippen LogP contribution in [0.4, 0.5) is 4.79 Å². The molecular formula is C39H49N4O8PS. The van der Waals surface area contributed by atoms with Gasteiger partial charge in [0.05, 0.1) is 64.4 Å². The summed E-state index contributed by atoms with van der Waals surface area (Å²) in [4.78, 5) is 49.6. The number of unbranched alkanes of at least 4 members (excludes halogenated alkanes) is 1. The summed E-state index contributed by atoms with van der Waals surface area (Å²) in [5.74, 6) is 0.256. The first-order chi connectivity index (χ1) is 25.9. The molecule has 2 unspecified atom stereocenters. The lowest BCUT2D eigenvalue weighted by Gasteiger charge is -2.22. The number of thioether (sulfide) groups is 1. The van der Waals surface area contributed by atoms with Crippen molar-refractivity contribution in [1.82, 2.24) is 21.3 Å². The van der Waals surface area contributed by atoms with Crippen LogP contribution in [-0.4, -0.2) is 107 Å². The molecule has 5 rings (SSSR count). The molecule has 3 aromatic carbocycles. The number of amides is 4. The zero-order valence-corrected chi connectivity index (χ0v) is 31.8. The average molecular weight is 765 g/mol. The van der Waals surface area contributed by atoms with Crippen molar-refractivity contribution in [3.63, 3.8) is 0 Å². The van der Waals surface area contributed by atoms with Crippen LogP contribution >= 0.6 is 19.7 Å². The smallest absolute Gasteiger partial charge is 0.338 e. The third-order valence-electron chi connectivity index (χ3n) is 8.86. The molecule has 4 N–H and O–H groups in total. The number of rotatable bonds is 22. The highest BCUT2D eigenvalue weighted by Crippen LogP contribution is 2.35. The lowest BCUT2D eigenvalue weighted by Crippen LogP contribution is -2.36. The fraction of sp³-hybridized carbons (Fsp3) is 0.436. The fourth-order valence-electron chi connectivity index (χ4n) is 6.23. The third kappa shape index (κ3) is 12.3. The van der Waals surface area contributed by atoms with E-state index in [0.29, 0.717) is 75.5 Å². The maximum Gasteiger partial charge on any atom is 0.338 e. The van der Waals surface area contributed by atoms with Gasteiger partial charge in [0.15, 0.2) is 0 Å². The predicted octanol–water partition coefficient (Wildman–Crippen LogP) is 2.85. The van der Waals surface area contributed by atoms with Gasteiger partial charge in [0, 0.05) is 41.4 Å². The summed E-state index contributed by atoms with van der Waals surface area (Å²) in [6, 6.07) is 25.4. The quantitative estimate of drug-likeness (QED) is 0.0524. The number of nitrogens with one attached hydrogen (secondary N) is 4. The summed E-state index contributed by atoms with van der Waals surface area (Å²) in [5, 5.41) is 15.0. The molecule has 4 amide bonds. The first kappa shape index (κ1) is 40.2. The highest BCUT2D eigenvalue weighted by Gasteiger charge is 2.42. The molecule has 2 saturated heterocycles. The topological polar surface area (TPSA) is 153 Å². The fourth-order valence-corrected chi connectivity index (χ4v) is 10.2. The minimum Gasteiger partial charge on any atom is -0.465 e. The molecule has 53 heavy (non-hydrogen) atoms. The Morgan fingerprint density at radius 2 is 1.42 bits per heavy atom. The molecule has 3 atom stereocenters. The number of benzene rings is 3. The van der Waals surface area contributed by atoms with E-state index in [9.17, 15) is 19.2 Å². The number of carbonyl (C=O) groups excluding carboxylic acids is 4. The number of methoxy groups -OCH3 is 1. The number of hydrogen-bond acceptors (Lipinski definition) is 9. The molecule has 0 spiro atoms. The Morgan fingerprint density at radius 3 is 2.06 bits per heavy atom. The van der Waals surface area contributed by atoms with E-state index in [0.717, 1.165) is 40.9 Å². The number of hydrogen-bond donors (Lipinski definition) is 4. The van der Waals surface area contributed by atoms with E-state index in [1.54, 1.807) is 18.2 Å². The Kier molecular flexibility index (Phi) is 16.4. The average Bonchev–Trinajstić information content (AvgIpc) is 3.74. The van der Waals surface area contributed by atoms with Crippen LogP contribution in [0.2, 0.25) is 0 Å². The Balaban J connectivity index is 0.916. The summed E-state index contributed by atoms with van der Waals surface area (Å²) in [6.45, 7) is 3.06. The van der Waals surface area contributed by atoms with Gasteiger partial charge in [-0.05, 0) is 49.6 Å². The predicted molar refractivity (Wildman–Crippen MR) is 208 cm³/mol. The van der Waals surface area contributed by atoms with Crippen molar-refractivity contribution < 1.29 is 38.1 Å². The molecular weight excluding hydrogens is 715 g/mol. The van der Waals surface area contributed by atoms with Gasteiger partial charge >= 0.3 is 12.0 Å². The van der Waals surface area contributed by atoms with Crippen molar-refractivity contribution in [3.05, 3.63) is 90.0 Å².